The summed E-state index contributed by atoms with van der Waals surface area (Å²) in [6.45, 7) is 0.842. The number of carbonyl (C=O) groups excluding carboxylic acids is 1. The van der Waals surface area contributed by atoms with E-state index < -0.39 is 17.9 Å². The number of benzene rings is 2. The van der Waals surface area contributed by atoms with Crippen LogP contribution in [0.15, 0.2) is 42.5 Å². The highest BCUT2D eigenvalue weighted by molar-refractivity contribution is 5.86. The number of para-hydroxylation sites is 1. The molecule has 6 heteroatoms. The third kappa shape index (κ3) is 3.10. The van der Waals surface area contributed by atoms with Crippen LogP contribution in [0.2, 0.25) is 0 Å². The lowest BCUT2D eigenvalue weighted by Gasteiger charge is -2.26. The maximum Gasteiger partial charge on any atom is 0.330 e. The molecule has 0 spiro atoms. The van der Waals surface area contributed by atoms with Gasteiger partial charge in [-0.2, -0.15) is 0 Å². The average molecular weight is 353 g/mol. The number of carboxylic acid groups (broad SMARTS) is 1. The zero-order chi connectivity index (χ0) is 18.1. The first-order valence-corrected chi connectivity index (χ1v) is 8.61. The van der Waals surface area contributed by atoms with Crippen molar-refractivity contribution in [3.8, 4) is 11.5 Å². The van der Waals surface area contributed by atoms with Crippen molar-refractivity contribution in [3.05, 3.63) is 59.2 Å². The third-order valence-electron chi connectivity index (χ3n) is 4.83. The summed E-state index contributed by atoms with van der Waals surface area (Å²) >= 11 is 0. The van der Waals surface area contributed by atoms with Crippen LogP contribution in [0.5, 0.6) is 11.5 Å². The van der Waals surface area contributed by atoms with Gasteiger partial charge >= 0.3 is 5.97 Å². The van der Waals surface area contributed by atoms with E-state index in [1.807, 2.05) is 24.3 Å². The first kappa shape index (κ1) is 16.4. The minimum atomic E-state index is -1.09. The van der Waals surface area contributed by atoms with Crippen LogP contribution in [0.1, 0.15) is 22.7 Å². The van der Waals surface area contributed by atoms with E-state index in [1.165, 1.54) is 0 Å². The molecule has 0 aromatic heterocycles. The molecule has 0 saturated carbocycles. The van der Waals surface area contributed by atoms with Crippen molar-refractivity contribution in [2.45, 2.75) is 18.9 Å². The molecule has 2 unspecified atom stereocenters. The number of carbonyl (C=O) groups is 2. The molecule has 2 heterocycles. The highest BCUT2D eigenvalue weighted by Gasteiger charge is 2.30. The maximum absolute atomic E-state index is 12.7. The van der Waals surface area contributed by atoms with E-state index in [9.17, 15) is 14.7 Å². The smallest absolute Gasteiger partial charge is 0.330 e. The summed E-state index contributed by atoms with van der Waals surface area (Å²) < 4.78 is 11.1. The quantitative estimate of drug-likeness (QED) is 0.879. The molecule has 0 bridgehead atoms. The molecule has 0 fully saturated rings. The van der Waals surface area contributed by atoms with Gasteiger partial charge in [0.1, 0.15) is 18.1 Å². The molecule has 26 heavy (non-hydrogen) atoms. The standard InChI is InChI=1S/C20H19NO5/c22-19(15-10-12-3-1-2-4-16(12)26-11-15)21-18(20(23)24)14-5-6-17-13(9-14)7-8-25-17/h1-6,9,15,18H,7-8,10-11H2,(H,21,22)(H,23,24). The lowest BCUT2D eigenvalue weighted by atomic mass is 9.95. The van der Waals surface area contributed by atoms with Crippen LogP contribution in [0.4, 0.5) is 0 Å². The molecule has 2 atom stereocenters. The largest absolute Gasteiger partial charge is 0.493 e. The Morgan fingerprint density at radius 3 is 2.73 bits per heavy atom. The number of hydrogen-bond acceptors (Lipinski definition) is 4. The zero-order valence-corrected chi connectivity index (χ0v) is 14.1. The fraction of sp³-hybridized carbons (Fsp3) is 0.300. The van der Waals surface area contributed by atoms with E-state index in [-0.39, 0.29) is 12.5 Å². The van der Waals surface area contributed by atoms with Gasteiger partial charge in [0.25, 0.3) is 0 Å². The molecule has 0 saturated heterocycles. The zero-order valence-electron chi connectivity index (χ0n) is 14.1. The van der Waals surface area contributed by atoms with Crippen molar-refractivity contribution in [2.24, 2.45) is 5.92 Å². The SMILES string of the molecule is O=C(NC(C(=O)O)c1ccc2c(c1)CCO2)C1COc2ccccc2C1. The van der Waals surface area contributed by atoms with Gasteiger partial charge in [0.15, 0.2) is 6.04 Å². The van der Waals surface area contributed by atoms with E-state index in [4.69, 9.17) is 9.47 Å². The van der Waals surface area contributed by atoms with Crippen molar-refractivity contribution >= 4 is 11.9 Å². The second-order valence-electron chi connectivity index (χ2n) is 6.57. The van der Waals surface area contributed by atoms with E-state index in [1.54, 1.807) is 18.2 Å². The molecule has 0 radical (unpaired) electrons. The van der Waals surface area contributed by atoms with Gasteiger partial charge in [0.2, 0.25) is 5.91 Å². The minimum absolute atomic E-state index is 0.243. The van der Waals surface area contributed by atoms with Crippen molar-refractivity contribution in [3.63, 3.8) is 0 Å². The Kier molecular flexibility index (Phi) is 4.24. The Bertz CT molecular complexity index is 863. The molecule has 4 rings (SSSR count). The van der Waals surface area contributed by atoms with Gasteiger partial charge in [-0.15, -0.1) is 0 Å². The maximum atomic E-state index is 12.7. The van der Waals surface area contributed by atoms with Crippen molar-refractivity contribution in [1.82, 2.24) is 5.32 Å². The second-order valence-corrected chi connectivity index (χ2v) is 6.57. The number of hydrogen-bond donors (Lipinski definition) is 2. The van der Waals surface area contributed by atoms with Crippen LogP contribution in [-0.4, -0.2) is 30.2 Å². The molecular weight excluding hydrogens is 334 g/mol. The Morgan fingerprint density at radius 1 is 1.08 bits per heavy atom. The van der Waals surface area contributed by atoms with Crippen molar-refractivity contribution < 1.29 is 24.2 Å². The van der Waals surface area contributed by atoms with E-state index in [0.29, 0.717) is 18.6 Å². The number of rotatable bonds is 4. The van der Waals surface area contributed by atoms with Crippen LogP contribution >= 0.6 is 0 Å². The van der Waals surface area contributed by atoms with Gasteiger partial charge in [-0.25, -0.2) is 4.79 Å². The Hall–Kier alpha value is -3.02. The first-order chi connectivity index (χ1) is 12.6. The van der Waals surface area contributed by atoms with Crippen LogP contribution < -0.4 is 14.8 Å². The van der Waals surface area contributed by atoms with Crippen molar-refractivity contribution in [2.75, 3.05) is 13.2 Å². The lowest BCUT2D eigenvalue weighted by molar-refractivity contribution is -0.143. The summed E-state index contributed by atoms with van der Waals surface area (Å²) in [5.74, 6) is -0.256. The molecule has 2 aromatic carbocycles. The van der Waals surface area contributed by atoms with Crippen LogP contribution in [0.25, 0.3) is 0 Å². The first-order valence-electron chi connectivity index (χ1n) is 8.61. The molecular formula is C20H19NO5. The number of carboxylic acids is 1. The van der Waals surface area contributed by atoms with Crippen molar-refractivity contribution in [1.29, 1.82) is 0 Å². The molecule has 2 aromatic rings. The average Bonchev–Trinajstić information content (AvgIpc) is 3.13. The van der Waals surface area contributed by atoms with E-state index >= 15 is 0 Å². The third-order valence-corrected chi connectivity index (χ3v) is 4.83. The van der Waals surface area contributed by atoms with Gasteiger partial charge in [-0.3, -0.25) is 4.79 Å². The number of fused-ring (bicyclic) bond motifs is 2. The summed E-state index contributed by atoms with van der Waals surface area (Å²) in [6.07, 6.45) is 1.28. The Labute approximate surface area is 150 Å². The number of nitrogens with one attached hydrogen (secondary N) is 1. The van der Waals surface area contributed by atoms with E-state index in [0.717, 1.165) is 29.0 Å². The molecule has 2 aliphatic heterocycles. The number of amides is 1. The van der Waals surface area contributed by atoms with Gasteiger partial charge in [-0.1, -0.05) is 24.3 Å². The van der Waals surface area contributed by atoms with Gasteiger partial charge < -0.3 is 19.9 Å². The normalized spacial score (nSPS) is 18.7. The Balaban J connectivity index is 1.50. The summed E-state index contributed by atoms with van der Waals surface area (Å²) in [5, 5.41) is 12.3. The Morgan fingerprint density at radius 2 is 1.88 bits per heavy atom. The monoisotopic (exact) mass is 353 g/mol. The van der Waals surface area contributed by atoms with Gasteiger partial charge in [-0.05, 0) is 41.3 Å². The summed E-state index contributed by atoms with van der Waals surface area (Å²) in [4.78, 5) is 24.4. The van der Waals surface area contributed by atoms with Crippen LogP contribution in [0, 0.1) is 5.92 Å². The fourth-order valence-electron chi connectivity index (χ4n) is 3.43. The fourth-order valence-corrected chi connectivity index (χ4v) is 3.43. The highest BCUT2D eigenvalue weighted by atomic mass is 16.5. The topological polar surface area (TPSA) is 84.9 Å². The number of ether oxygens (including phenoxy) is 2. The molecule has 6 nitrogen and oxygen atoms in total. The molecule has 0 aliphatic carbocycles. The predicted octanol–water partition coefficient (Wildman–Crippen LogP) is 2.11. The summed E-state index contributed by atoms with van der Waals surface area (Å²) in [6, 6.07) is 11.7. The van der Waals surface area contributed by atoms with Crippen LogP contribution in [-0.2, 0) is 22.4 Å². The lowest BCUT2D eigenvalue weighted by Crippen LogP contribution is -2.41. The summed E-state index contributed by atoms with van der Waals surface area (Å²) in [5.41, 5.74) is 2.48. The summed E-state index contributed by atoms with van der Waals surface area (Å²) in [7, 11) is 0. The molecule has 2 aliphatic rings. The number of aliphatic carboxylic acids is 1. The van der Waals surface area contributed by atoms with Gasteiger partial charge in [0.05, 0.1) is 12.5 Å². The second kappa shape index (κ2) is 6.71. The predicted molar refractivity (Wildman–Crippen MR) is 93.3 cm³/mol. The molecule has 1 amide bonds. The highest BCUT2D eigenvalue weighted by Crippen LogP contribution is 2.30. The van der Waals surface area contributed by atoms with Crippen LogP contribution in [0.3, 0.4) is 0 Å². The van der Waals surface area contributed by atoms with Gasteiger partial charge in [0, 0.05) is 6.42 Å². The molecule has 2 N–H and O–H groups in total. The minimum Gasteiger partial charge on any atom is -0.493 e. The van der Waals surface area contributed by atoms with E-state index in [2.05, 4.69) is 5.32 Å². The molecule has 134 valence electrons.